The Balaban J connectivity index is 1.37. The highest BCUT2D eigenvalue weighted by atomic mass is 16.5. The highest BCUT2D eigenvalue weighted by molar-refractivity contribution is 5.86. The average molecular weight is 482 g/mol. The van der Waals surface area contributed by atoms with Crippen molar-refractivity contribution in [3.63, 3.8) is 0 Å². The van der Waals surface area contributed by atoms with Crippen molar-refractivity contribution >= 4 is 28.4 Å². The Bertz CT molecular complexity index is 1530. The number of morpholine rings is 1. The number of nitrogens with one attached hydrogen (secondary N) is 1. The van der Waals surface area contributed by atoms with Gasteiger partial charge in [-0.1, -0.05) is 12.1 Å². The first kappa shape index (κ1) is 22.2. The molecule has 0 amide bonds. The molecule has 5 aromatic rings. The zero-order valence-electron chi connectivity index (χ0n) is 20.5. The number of aryl methyl sites for hydroxylation is 3. The Morgan fingerprint density at radius 1 is 0.944 bits per heavy atom. The minimum atomic E-state index is 0.667. The van der Waals surface area contributed by atoms with Gasteiger partial charge in [-0.15, -0.1) is 10.2 Å². The number of ether oxygens (including phenoxy) is 1. The predicted octanol–water partition coefficient (Wildman–Crippen LogP) is 3.81. The number of rotatable bonds is 5. The first-order chi connectivity index (χ1) is 17.5. The summed E-state index contributed by atoms with van der Waals surface area (Å²) in [5, 5.41) is 17.2. The third-order valence-corrected chi connectivity index (χ3v) is 6.48. The number of nitrogens with zero attached hydrogens (tertiary/aromatic N) is 8. The fourth-order valence-corrected chi connectivity index (χ4v) is 4.55. The van der Waals surface area contributed by atoms with Crippen molar-refractivity contribution in [3.05, 3.63) is 66.4 Å². The topological polar surface area (TPSA) is 98.8 Å². The van der Waals surface area contributed by atoms with Gasteiger partial charge in [0.15, 0.2) is 0 Å². The van der Waals surface area contributed by atoms with Gasteiger partial charge in [0, 0.05) is 48.5 Å². The second-order valence-corrected chi connectivity index (χ2v) is 8.90. The fourth-order valence-electron chi connectivity index (χ4n) is 4.55. The molecule has 3 aromatic heterocycles. The summed E-state index contributed by atoms with van der Waals surface area (Å²) in [5.41, 5.74) is 5.89. The van der Waals surface area contributed by atoms with Crippen LogP contribution in [0.1, 0.15) is 11.5 Å². The van der Waals surface area contributed by atoms with Crippen molar-refractivity contribution in [2.45, 2.75) is 13.8 Å². The lowest BCUT2D eigenvalue weighted by Crippen LogP contribution is -2.37. The summed E-state index contributed by atoms with van der Waals surface area (Å²) in [5.74, 6) is 2.26. The van der Waals surface area contributed by atoms with Gasteiger partial charge in [-0.25, -0.2) is 4.98 Å². The summed E-state index contributed by atoms with van der Waals surface area (Å²) in [6.07, 6.45) is 1.71. The van der Waals surface area contributed by atoms with Crippen LogP contribution < -0.4 is 10.2 Å². The maximum atomic E-state index is 5.54. The Hall–Kier alpha value is -4.31. The Morgan fingerprint density at radius 3 is 2.50 bits per heavy atom. The van der Waals surface area contributed by atoms with Crippen LogP contribution in [0.15, 0.2) is 54.9 Å². The van der Waals surface area contributed by atoms with Crippen LogP contribution in [0.25, 0.3) is 27.8 Å². The van der Waals surface area contributed by atoms with Gasteiger partial charge in [0.25, 0.3) is 0 Å². The molecular formula is C26H27N9O. The summed E-state index contributed by atoms with van der Waals surface area (Å²) in [4.78, 5) is 12.0. The lowest BCUT2D eigenvalue weighted by atomic mass is 10.1. The molecule has 10 nitrogen and oxygen atoms in total. The molecule has 1 N–H and O–H groups in total. The van der Waals surface area contributed by atoms with E-state index in [-0.39, 0.29) is 0 Å². The van der Waals surface area contributed by atoms with E-state index in [9.17, 15) is 0 Å². The van der Waals surface area contributed by atoms with Crippen LogP contribution in [0.2, 0.25) is 0 Å². The summed E-state index contributed by atoms with van der Waals surface area (Å²) in [6, 6.07) is 16.5. The van der Waals surface area contributed by atoms with Gasteiger partial charge >= 0.3 is 0 Å². The maximum absolute atomic E-state index is 5.54. The molecule has 0 bridgehead atoms. The monoisotopic (exact) mass is 481 g/mol. The molecule has 2 aromatic carbocycles. The van der Waals surface area contributed by atoms with Crippen molar-refractivity contribution in [2.24, 2.45) is 7.05 Å². The van der Waals surface area contributed by atoms with E-state index in [0.717, 1.165) is 64.0 Å². The van der Waals surface area contributed by atoms with Crippen molar-refractivity contribution in [1.29, 1.82) is 0 Å². The zero-order chi connectivity index (χ0) is 24.6. The van der Waals surface area contributed by atoms with E-state index in [4.69, 9.17) is 14.7 Å². The number of aromatic nitrogens is 7. The minimum absolute atomic E-state index is 0.667. The predicted molar refractivity (Wildman–Crippen MR) is 139 cm³/mol. The summed E-state index contributed by atoms with van der Waals surface area (Å²) in [7, 11) is 1.97. The number of hydrogen-bond acceptors (Lipinski definition) is 8. The normalized spacial score (nSPS) is 13.9. The molecule has 0 radical (unpaired) electrons. The third kappa shape index (κ3) is 4.16. The number of benzene rings is 2. The van der Waals surface area contributed by atoms with E-state index in [2.05, 4.69) is 43.7 Å². The fraction of sp³-hybridized carbons (Fsp3) is 0.269. The van der Waals surface area contributed by atoms with Crippen LogP contribution in [0.3, 0.4) is 0 Å². The van der Waals surface area contributed by atoms with Gasteiger partial charge in [0.2, 0.25) is 5.95 Å². The van der Waals surface area contributed by atoms with Crippen molar-refractivity contribution in [3.8, 4) is 16.9 Å². The quantitative estimate of drug-likeness (QED) is 0.405. The molecule has 182 valence electrons. The van der Waals surface area contributed by atoms with Crippen molar-refractivity contribution in [2.75, 3.05) is 36.5 Å². The van der Waals surface area contributed by atoms with E-state index in [0.29, 0.717) is 19.2 Å². The molecule has 36 heavy (non-hydrogen) atoms. The van der Waals surface area contributed by atoms with Crippen molar-refractivity contribution in [1.82, 2.24) is 34.5 Å². The van der Waals surface area contributed by atoms with Gasteiger partial charge < -0.3 is 15.0 Å². The van der Waals surface area contributed by atoms with Gasteiger partial charge in [0.05, 0.1) is 30.1 Å². The average Bonchev–Trinajstić information content (AvgIpc) is 3.46. The maximum Gasteiger partial charge on any atom is 0.228 e. The van der Waals surface area contributed by atoms with Crippen molar-refractivity contribution < 1.29 is 4.74 Å². The number of anilines is 3. The van der Waals surface area contributed by atoms with E-state index < -0.39 is 0 Å². The lowest BCUT2D eigenvalue weighted by Gasteiger charge is -2.27. The first-order valence-corrected chi connectivity index (χ1v) is 11.9. The molecule has 1 saturated heterocycles. The molecule has 0 aliphatic carbocycles. The Kier molecular flexibility index (Phi) is 5.57. The first-order valence-electron chi connectivity index (χ1n) is 11.9. The largest absolute Gasteiger partial charge is 0.378 e. The molecule has 1 aliphatic rings. The molecule has 0 atom stereocenters. The summed E-state index contributed by atoms with van der Waals surface area (Å²) < 4.78 is 9.40. The summed E-state index contributed by atoms with van der Waals surface area (Å²) >= 11 is 0. The second kappa shape index (κ2) is 9.04. The molecule has 4 heterocycles. The smallest absolute Gasteiger partial charge is 0.228 e. The van der Waals surface area contributed by atoms with Crippen LogP contribution in [-0.2, 0) is 11.8 Å². The zero-order valence-corrected chi connectivity index (χ0v) is 20.5. The van der Waals surface area contributed by atoms with Gasteiger partial charge in [-0.3, -0.25) is 9.25 Å². The Labute approximate surface area is 208 Å². The van der Waals surface area contributed by atoms with Crippen LogP contribution >= 0.6 is 0 Å². The third-order valence-electron chi connectivity index (χ3n) is 6.48. The molecule has 1 fully saturated rings. The molecule has 0 saturated carbocycles. The van der Waals surface area contributed by atoms with E-state index in [1.807, 2.05) is 60.5 Å². The highest BCUT2D eigenvalue weighted by Gasteiger charge is 2.17. The standard InChI is InChI=1S/C26H27N9O/c1-17-22-9-4-19(14-24(22)33(3)32-17)23-15-25(30-26(29-23)34-10-12-36-13-11-34)28-20-5-7-21(8-6-20)35-16-27-31-18(35)2/h4-9,14-16H,10-13H2,1-3H3,(H,28,29,30). The molecule has 10 heteroatoms. The van der Waals surface area contributed by atoms with Crippen LogP contribution in [0, 0.1) is 13.8 Å². The Morgan fingerprint density at radius 2 is 1.75 bits per heavy atom. The van der Waals surface area contributed by atoms with E-state index >= 15 is 0 Å². The van der Waals surface area contributed by atoms with Crippen LogP contribution in [0.4, 0.5) is 17.5 Å². The van der Waals surface area contributed by atoms with Gasteiger partial charge in [-0.05, 0) is 44.2 Å². The molecule has 0 unspecified atom stereocenters. The van der Waals surface area contributed by atoms with Gasteiger partial charge in [0.1, 0.15) is 18.0 Å². The van der Waals surface area contributed by atoms with Crippen LogP contribution in [-0.4, -0.2) is 60.8 Å². The van der Waals surface area contributed by atoms with E-state index in [1.54, 1.807) is 6.33 Å². The minimum Gasteiger partial charge on any atom is -0.378 e. The molecule has 6 rings (SSSR count). The van der Waals surface area contributed by atoms with Gasteiger partial charge in [-0.2, -0.15) is 10.1 Å². The molecule has 0 spiro atoms. The van der Waals surface area contributed by atoms with Crippen LogP contribution in [0.5, 0.6) is 0 Å². The molecular weight excluding hydrogens is 454 g/mol. The number of hydrogen-bond donors (Lipinski definition) is 1. The lowest BCUT2D eigenvalue weighted by molar-refractivity contribution is 0.122. The SMILES string of the molecule is Cc1nn(C)c2cc(-c3cc(Nc4ccc(-n5cnnc5C)cc4)nc(N4CCOCC4)n3)ccc12. The number of fused-ring (bicyclic) bond motifs is 1. The molecule has 1 aliphatic heterocycles. The second-order valence-electron chi connectivity index (χ2n) is 8.90. The van der Waals surface area contributed by atoms with E-state index in [1.165, 1.54) is 0 Å². The summed E-state index contributed by atoms with van der Waals surface area (Å²) in [6.45, 7) is 6.81. The highest BCUT2D eigenvalue weighted by Crippen LogP contribution is 2.29.